The molecule has 1 fully saturated rings. The minimum Gasteiger partial charge on any atom is -0.346 e. The largest absolute Gasteiger partial charge is 0.405 e. The van der Waals surface area contributed by atoms with Crippen molar-refractivity contribution in [2.75, 3.05) is 39.3 Å². The molecule has 1 saturated heterocycles. The highest BCUT2D eigenvalue weighted by molar-refractivity contribution is 5.81. The lowest BCUT2D eigenvalue weighted by atomic mass is 10.1. The van der Waals surface area contributed by atoms with Gasteiger partial charge in [0.05, 0.1) is 6.04 Å². The van der Waals surface area contributed by atoms with Crippen LogP contribution in [0.25, 0.3) is 0 Å². The number of rotatable bonds is 5. The zero-order valence-electron chi connectivity index (χ0n) is 12.3. The molecule has 1 N–H and O–H groups in total. The van der Waals surface area contributed by atoms with Gasteiger partial charge in [-0.2, -0.15) is 13.2 Å². The Kier molecular flexibility index (Phi) is 6.26. The summed E-state index contributed by atoms with van der Waals surface area (Å²) in [6.45, 7) is 8.86. The van der Waals surface area contributed by atoms with Crippen LogP contribution in [-0.2, 0) is 4.79 Å². The third-order valence-electron chi connectivity index (χ3n) is 3.42. The average Bonchev–Trinajstić information content (AvgIpc) is 2.34. The number of piperazine rings is 1. The van der Waals surface area contributed by atoms with Crippen LogP contribution in [0.5, 0.6) is 0 Å². The second-order valence-corrected chi connectivity index (χ2v) is 5.74. The third-order valence-corrected chi connectivity index (χ3v) is 3.42. The van der Waals surface area contributed by atoms with E-state index >= 15 is 0 Å². The predicted octanol–water partition coefficient (Wildman–Crippen LogP) is 1.33. The van der Waals surface area contributed by atoms with Crippen LogP contribution in [-0.4, -0.2) is 67.2 Å². The van der Waals surface area contributed by atoms with Crippen LogP contribution < -0.4 is 5.32 Å². The number of amides is 1. The first-order valence-electron chi connectivity index (χ1n) is 7.00. The average molecular weight is 295 g/mol. The van der Waals surface area contributed by atoms with Crippen LogP contribution in [0.3, 0.4) is 0 Å². The van der Waals surface area contributed by atoms with Crippen LogP contribution in [0.2, 0.25) is 0 Å². The normalized spacial score (nSPS) is 20.1. The van der Waals surface area contributed by atoms with Gasteiger partial charge in [-0.3, -0.25) is 9.69 Å². The molecule has 0 aromatic carbocycles. The molecule has 0 aromatic heterocycles. The number of carbonyl (C=O) groups is 1. The summed E-state index contributed by atoms with van der Waals surface area (Å²) in [5, 5.41) is 1.94. The molecule has 0 radical (unpaired) electrons. The summed E-state index contributed by atoms with van der Waals surface area (Å²) >= 11 is 0. The molecule has 0 saturated carbocycles. The van der Waals surface area contributed by atoms with Crippen molar-refractivity contribution in [2.24, 2.45) is 5.92 Å². The molecule has 20 heavy (non-hydrogen) atoms. The van der Waals surface area contributed by atoms with E-state index in [-0.39, 0.29) is 0 Å². The maximum absolute atomic E-state index is 12.1. The first kappa shape index (κ1) is 17.2. The van der Waals surface area contributed by atoms with E-state index in [9.17, 15) is 18.0 Å². The molecule has 4 nitrogen and oxygen atoms in total. The van der Waals surface area contributed by atoms with E-state index in [0.717, 1.165) is 19.6 Å². The van der Waals surface area contributed by atoms with Gasteiger partial charge in [0.2, 0.25) is 5.91 Å². The number of carbonyl (C=O) groups excluding carboxylic acids is 1. The number of nitrogens with zero attached hydrogens (tertiary/aromatic N) is 2. The maximum Gasteiger partial charge on any atom is 0.405 e. The Bertz CT molecular complexity index is 312. The van der Waals surface area contributed by atoms with Crippen molar-refractivity contribution in [3.63, 3.8) is 0 Å². The molecule has 0 bridgehead atoms. The molecule has 1 rings (SSSR count). The summed E-state index contributed by atoms with van der Waals surface area (Å²) in [6, 6.07) is -0.515. The summed E-state index contributed by atoms with van der Waals surface area (Å²) in [6.07, 6.45) is -4.36. The first-order chi connectivity index (χ1) is 9.19. The molecular formula is C13H24F3N3O. The SMILES string of the molecule is CC(C)CN1CCN(C(C)C(=O)NCC(F)(F)F)CC1. The van der Waals surface area contributed by atoms with Crippen molar-refractivity contribution in [3.8, 4) is 0 Å². The fraction of sp³-hybridized carbons (Fsp3) is 0.923. The fourth-order valence-corrected chi connectivity index (χ4v) is 2.35. The maximum atomic E-state index is 12.1. The van der Waals surface area contributed by atoms with Crippen molar-refractivity contribution in [1.82, 2.24) is 15.1 Å². The van der Waals surface area contributed by atoms with Gasteiger partial charge in [-0.1, -0.05) is 13.8 Å². The Morgan fingerprint density at radius 3 is 2.15 bits per heavy atom. The summed E-state index contributed by atoms with van der Waals surface area (Å²) in [5.74, 6) is 0.0358. The lowest BCUT2D eigenvalue weighted by molar-refractivity contribution is -0.141. The fourth-order valence-electron chi connectivity index (χ4n) is 2.35. The summed E-state index contributed by atoms with van der Waals surface area (Å²) in [5.41, 5.74) is 0. The van der Waals surface area contributed by atoms with Gasteiger partial charge in [0, 0.05) is 32.7 Å². The molecule has 1 amide bonds. The molecule has 1 atom stereocenters. The van der Waals surface area contributed by atoms with Crippen LogP contribution >= 0.6 is 0 Å². The van der Waals surface area contributed by atoms with Gasteiger partial charge in [0.15, 0.2) is 0 Å². The number of nitrogens with one attached hydrogen (secondary N) is 1. The molecular weight excluding hydrogens is 271 g/mol. The number of alkyl halides is 3. The van der Waals surface area contributed by atoms with Crippen molar-refractivity contribution in [3.05, 3.63) is 0 Å². The number of hydrogen-bond donors (Lipinski definition) is 1. The van der Waals surface area contributed by atoms with E-state index in [1.165, 1.54) is 0 Å². The zero-order chi connectivity index (χ0) is 15.3. The summed E-state index contributed by atoms with van der Waals surface area (Å²) in [7, 11) is 0. The van der Waals surface area contributed by atoms with Gasteiger partial charge in [0.1, 0.15) is 6.54 Å². The van der Waals surface area contributed by atoms with E-state index < -0.39 is 24.7 Å². The van der Waals surface area contributed by atoms with Gasteiger partial charge in [-0.15, -0.1) is 0 Å². The Morgan fingerprint density at radius 1 is 1.15 bits per heavy atom. The minimum absolute atomic E-state index is 0.515. The van der Waals surface area contributed by atoms with Crippen LogP contribution in [0.15, 0.2) is 0 Å². The van der Waals surface area contributed by atoms with Crippen LogP contribution in [0.4, 0.5) is 13.2 Å². The monoisotopic (exact) mass is 295 g/mol. The lowest BCUT2D eigenvalue weighted by Gasteiger charge is -2.38. The van der Waals surface area contributed by atoms with E-state index in [1.54, 1.807) is 6.92 Å². The van der Waals surface area contributed by atoms with Gasteiger partial charge < -0.3 is 10.2 Å². The van der Waals surface area contributed by atoms with Crippen molar-refractivity contribution >= 4 is 5.91 Å². The standard InChI is InChI=1S/C13H24F3N3O/c1-10(2)8-18-4-6-19(7-5-18)11(3)12(20)17-9-13(14,15)16/h10-11H,4-9H2,1-3H3,(H,17,20). The lowest BCUT2D eigenvalue weighted by Crippen LogP contribution is -2.54. The second-order valence-electron chi connectivity index (χ2n) is 5.74. The Morgan fingerprint density at radius 2 is 1.70 bits per heavy atom. The van der Waals surface area contributed by atoms with E-state index in [4.69, 9.17) is 0 Å². The first-order valence-corrected chi connectivity index (χ1v) is 7.00. The van der Waals surface area contributed by atoms with Crippen molar-refractivity contribution in [2.45, 2.75) is 33.0 Å². The Hall–Kier alpha value is -0.820. The smallest absolute Gasteiger partial charge is 0.346 e. The van der Waals surface area contributed by atoms with Crippen LogP contribution in [0, 0.1) is 5.92 Å². The Balaban J connectivity index is 2.34. The Labute approximate surface area is 118 Å². The molecule has 0 aromatic rings. The number of halogens is 3. The van der Waals surface area contributed by atoms with Gasteiger partial charge >= 0.3 is 6.18 Å². The second kappa shape index (κ2) is 7.26. The highest BCUT2D eigenvalue weighted by atomic mass is 19.4. The van der Waals surface area contributed by atoms with E-state index in [2.05, 4.69) is 18.7 Å². The van der Waals surface area contributed by atoms with Gasteiger partial charge in [-0.25, -0.2) is 0 Å². The van der Waals surface area contributed by atoms with Crippen molar-refractivity contribution in [1.29, 1.82) is 0 Å². The predicted molar refractivity (Wildman–Crippen MR) is 71.4 cm³/mol. The molecule has 1 unspecified atom stereocenters. The minimum atomic E-state index is -4.36. The summed E-state index contributed by atoms with van der Waals surface area (Å²) < 4.78 is 36.2. The molecule has 1 heterocycles. The van der Waals surface area contributed by atoms with E-state index in [0.29, 0.717) is 19.0 Å². The van der Waals surface area contributed by atoms with Gasteiger partial charge in [0.25, 0.3) is 0 Å². The molecule has 0 spiro atoms. The molecule has 7 heteroatoms. The molecule has 118 valence electrons. The highest BCUT2D eigenvalue weighted by Gasteiger charge is 2.31. The van der Waals surface area contributed by atoms with E-state index in [1.807, 2.05) is 10.2 Å². The van der Waals surface area contributed by atoms with Crippen molar-refractivity contribution < 1.29 is 18.0 Å². The topological polar surface area (TPSA) is 35.6 Å². The third kappa shape index (κ3) is 6.09. The molecule has 0 aliphatic carbocycles. The molecule has 1 aliphatic heterocycles. The highest BCUT2D eigenvalue weighted by Crippen LogP contribution is 2.13. The van der Waals surface area contributed by atoms with Crippen LogP contribution in [0.1, 0.15) is 20.8 Å². The molecule has 1 aliphatic rings. The summed E-state index contributed by atoms with van der Waals surface area (Å²) in [4.78, 5) is 15.9. The van der Waals surface area contributed by atoms with Gasteiger partial charge in [-0.05, 0) is 12.8 Å². The zero-order valence-corrected chi connectivity index (χ0v) is 12.3. The quantitative estimate of drug-likeness (QED) is 0.831. The number of hydrogen-bond acceptors (Lipinski definition) is 3.